The Kier molecular flexibility index (Phi) is 7.20. The van der Waals surface area contributed by atoms with Gasteiger partial charge in [0.1, 0.15) is 0 Å². The molecule has 0 spiro atoms. The van der Waals surface area contributed by atoms with Gasteiger partial charge in [0.15, 0.2) is 11.5 Å². The van der Waals surface area contributed by atoms with Gasteiger partial charge in [-0.25, -0.2) is 0 Å². The minimum absolute atomic E-state index is 0.0228. The molecule has 0 bridgehead atoms. The van der Waals surface area contributed by atoms with E-state index in [0.29, 0.717) is 48.6 Å². The number of carbonyl (C=O) groups is 1. The van der Waals surface area contributed by atoms with Gasteiger partial charge in [0.25, 0.3) is 5.91 Å². The van der Waals surface area contributed by atoms with Crippen LogP contribution in [-0.4, -0.2) is 43.7 Å². The second-order valence-corrected chi connectivity index (χ2v) is 7.66. The molecule has 1 aromatic heterocycles. The molecule has 0 radical (unpaired) electrons. The molecule has 2 heterocycles. The van der Waals surface area contributed by atoms with Crippen LogP contribution in [0.5, 0.6) is 17.2 Å². The summed E-state index contributed by atoms with van der Waals surface area (Å²) >= 11 is 1.81. The SMILES string of the molecule is CCOc1cc(C(=O)N2CCC(c3cccs3)CC2)cc(OCC)c1OCC. The van der Waals surface area contributed by atoms with Crippen molar-refractivity contribution in [2.45, 2.75) is 39.5 Å². The third-order valence-electron chi connectivity index (χ3n) is 4.88. The van der Waals surface area contributed by atoms with Gasteiger partial charge in [0, 0.05) is 23.5 Å². The van der Waals surface area contributed by atoms with Crippen molar-refractivity contribution in [1.29, 1.82) is 0 Å². The summed E-state index contributed by atoms with van der Waals surface area (Å²) < 4.78 is 17.2. The zero-order valence-electron chi connectivity index (χ0n) is 16.9. The van der Waals surface area contributed by atoms with Crippen molar-refractivity contribution in [1.82, 2.24) is 4.90 Å². The lowest BCUT2D eigenvalue weighted by atomic mass is 9.95. The van der Waals surface area contributed by atoms with Crippen LogP contribution >= 0.6 is 11.3 Å². The number of benzene rings is 1. The topological polar surface area (TPSA) is 48.0 Å². The number of likely N-dealkylation sites (tertiary alicyclic amines) is 1. The van der Waals surface area contributed by atoms with Crippen LogP contribution in [0.15, 0.2) is 29.6 Å². The molecule has 1 saturated heterocycles. The van der Waals surface area contributed by atoms with Gasteiger partial charge >= 0.3 is 0 Å². The van der Waals surface area contributed by atoms with Crippen molar-refractivity contribution < 1.29 is 19.0 Å². The Balaban J connectivity index is 1.79. The Morgan fingerprint density at radius 3 is 2.14 bits per heavy atom. The summed E-state index contributed by atoms with van der Waals surface area (Å²) in [6, 6.07) is 7.86. The van der Waals surface area contributed by atoms with E-state index in [1.165, 1.54) is 4.88 Å². The molecule has 6 heteroatoms. The Morgan fingerprint density at radius 1 is 1.04 bits per heavy atom. The standard InChI is InChI=1S/C22H29NO4S/c1-4-25-18-14-17(15-19(26-5-2)21(18)27-6-3)22(24)23-11-9-16(10-12-23)20-8-7-13-28-20/h7-8,13-16H,4-6,9-12H2,1-3H3. The predicted octanol–water partition coefficient (Wildman–Crippen LogP) is 4.96. The van der Waals surface area contributed by atoms with Gasteiger partial charge in [-0.05, 0) is 63.1 Å². The van der Waals surface area contributed by atoms with Crippen LogP contribution in [-0.2, 0) is 0 Å². The van der Waals surface area contributed by atoms with E-state index in [-0.39, 0.29) is 5.91 Å². The third-order valence-corrected chi connectivity index (χ3v) is 5.92. The van der Waals surface area contributed by atoms with Gasteiger partial charge in [-0.1, -0.05) is 6.07 Å². The van der Waals surface area contributed by atoms with E-state index in [4.69, 9.17) is 14.2 Å². The normalized spacial score (nSPS) is 14.8. The van der Waals surface area contributed by atoms with Gasteiger partial charge in [0.05, 0.1) is 19.8 Å². The first-order valence-corrected chi connectivity index (χ1v) is 10.9. The quantitative estimate of drug-likeness (QED) is 0.625. The smallest absolute Gasteiger partial charge is 0.254 e. The molecule has 3 rings (SSSR count). The van der Waals surface area contributed by atoms with E-state index < -0.39 is 0 Å². The molecule has 0 unspecified atom stereocenters. The summed E-state index contributed by atoms with van der Waals surface area (Å²) in [5.74, 6) is 2.27. The van der Waals surface area contributed by atoms with Crippen LogP contribution in [0.1, 0.15) is 54.8 Å². The monoisotopic (exact) mass is 403 g/mol. The second kappa shape index (κ2) is 9.82. The summed E-state index contributed by atoms with van der Waals surface area (Å²) in [6.07, 6.45) is 2.00. The maximum atomic E-state index is 13.2. The molecule has 1 aromatic carbocycles. The molecule has 1 amide bonds. The molecule has 1 fully saturated rings. The first kappa shape index (κ1) is 20.5. The van der Waals surface area contributed by atoms with Crippen molar-refractivity contribution in [3.8, 4) is 17.2 Å². The van der Waals surface area contributed by atoms with Crippen LogP contribution in [0.4, 0.5) is 0 Å². The number of hydrogen-bond acceptors (Lipinski definition) is 5. The summed E-state index contributed by atoms with van der Waals surface area (Å²) in [5.41, 5.74) is 0.588. The summed E-state index contributed by atoms with van der Waals surface area (Å²) in [4.78, 5) is 16.5. The van der Waals surface area contributed by atoms with Gasteiger partial charge < -0.3 is 19.1 Å². The van der Waals surface area contributed by atoms with E-state index in [1.54, 1.807) is 23.5 Å². The molecular weight excluding hydrogens is 374 g/mol. The van der Waals surface area contributed by atoms with Gasteiger partial charge in [-0.15, -0.1) is 11.3 Å². The number of rotatable bonds is 8. The Bertz CT molecular complexity index is 740. The fraction of sp³-hybridized carbons (Fsp3) is 0.500. The summed E-state index contributed by atoms with van der Waals surface area (Å²) in [5, 5.41) is 2.12. The highest BCUT2D eigenvalue weighted by Gasteiger charge is 2.27. The number of ether oxygens (including phenoxy) is 3. The highest BCUT2D eigenvalue weighted by atomic mass is 32.1. The highest BCUT2D eigenvalue weighted by molar-refractivity contribution is 7.10. The van der Waals surface area contributed by atoms with Crippen LogP contribution in [0.2, 0.25) is 0 Å². The fourth-order valence-electron chi connectivity index (χ4n) is 3.59. The summed E-state index contributed by atoms with van der Waals surface area (Å²) in [7, 11) is 0. The zero-order chi connectivity index (χ0) is 19.9. The van der Waals surface area contributed by atoms with Crippen molar-refractivity contribution in [2.75, 3.05) is 32.9 Å². The number of thiophene rings is 1. The van der Waals surface area contributed by atoms with E-state index in [1.807, 2.05) is 25.7 Å². The molecule has 0 aliphatic carbocycles. The van der Waals surface area contributed by atoms with Crippen LogP contribution < -0.4 is 14.2 Å². The number of amides is 1. The van der Waals surface area contributed by atoms with E-state index in [2.05, 4.69) is 17.5 Å². The van der Waals surface area contributed by atoms with Gasteiger partial charge in [-0.2, -0.15) is 0 Å². The maximum Gasteiger partial charge on any atom is 0.254 e. The van der Waals surface area contributed by atoms with Gasteiger partial charge in [0.2, 0.25) is 5.75 Å². The van der Waals surface area contributed by atoms with E-state index in [0.717, 1.165) is 25.9 Å². The van der Waals surface area contributed by atoms with Crippen molar-refractivity contribution >= 4 is 17.2 Å². The van der Waals surface area contributed by atoms with E-state index in [9.17, 15) is 4.79 Å². The molecule has 0 N–H and O–H groups in total. The lowest BCUT2D eigenvalue weighted by Gasteiger charge is -2.32. The van der Waals surface area contributed by atoms with Crippen LogP contribution in [0, 0.1) is 0 Å². The molecule has 1 aliphatic heterocycles. The molecule has 152 valence electrons. The minimum atomic E-state index is 0.0228. The average Bonchev–Trinajstić information content (AvgIpc) is 3.25. The van der Waals surface area contributed by atoms with Crippen LogP contribution in [0.3, 0.4) is 0 Å². The third kappa shape index (κ3) is 4.61. The largest absolute Gasteiger partial charge is 0.490 e. The number of nitrogens with zero attached hydrogens (tertiary/aromatic N) is 1. The molecule has 2 aromatic rings. The van der Waals surface area contributed by atoms with Crippen molar-refractivity contribution in [2.24, 2.45) is 0 Å². The second-order valence-electron chi connectivity index (χ2n) is 6.68. The fourth-order valence-corrected chi connectivity index (χ4v) is 4.48. The first-order valence-electron chi connectivity index (χ1n) is 10.1. The Morgan fingerprint density at radius 2 is 1.64 bits per heavy atom. The highest BCUT2D eigenvalue weighted by Crippen LogP contribution is 2.40. The lowest BCUT2D eigenvalue weighted by Crippen LogP contribution is -2.37. The number of carbonyl (C=O) groups excluding carboxylic acids is 1. The Labute approximate surface area is 171 Å². The van der Waals surface area contributed by atoms with Gasteiger partial charge in [-0.3, -0.25) is 4.79 Å². The first-order chi connectivity index (χ1) is 13.7. The minimum Gasteiger partial charge on any atom is -0.490 e. The molecular formula is C22H29NO4S. The van der Waals surface area contributed by atoms with Crippen LogP contribution in [0.25, 0.3) is 0 Å². The molecule has 0 atom stereocenters. The molecule has 0 saturated carbocycles. The Hall–Kier alpha value is -2.21. The predicted molar refractivity (Wildman–Crippen MR) is 112 cm³/mol. The van der Waals surface area contributed by atoms with Crippen molar-refractivity contribution in [3.05, 3.63) is 40.1 Å². The zero-order valence-corrected chi connectivity index (χ0v) is 17.7. The number of piperidine rings is 1. The van der Waals surface area contributed by atoms with Crippen molar-refractivity contribution in [3.63, 3.8) is 0 Å². The molecule has 1 aliphatic rings. The number of hydrogen-bond donors (Lipinski definition) is 0. The molecule has 5 nitrogen and oxygen atoms in total. The van der Waals surface area contributed by atoms with E-state index >= 15 is 0 Å². The lowest BCUT2D eigenvalue weighted by molar-refractivity contribution is 0.0712. The average molecular weight is 404 g/mol. The summed E-state index contributed by atoms with van der Waals surface area (Å²) in [6.45, 7) is 8.78. The maximum absolute atomic E-state index is 13.2. The molecule has 28 heavy (non-hydrogen) atoms.